The summed E-state index contributed by atoms with van der Waals surface area (Å²) in [5.74, 6) is -0.199. The molecule has 4 heteroatoms. The van der Waals surface area contributed by atoms with Crippen LogP contribution in [0.4, 0.5) is 5.69 Å². The van der Waals surface area contributed by atoms with E-state index in [0.717, 1.165) is 16.5 Å². The zero-order valence-electron chi connectivity index (χ0n) is 12.4. The third kappa shape index (κ3) is 2.63. The molecule has 0 saturated heterocycles. The first-order chi connectivity index (χ1) is 10.5. The number of hydrogen-bond donors (Lipinski definition) is 2. The molecule has 2 aromatic carbocycles. The third-order valence-corrected chi connectivity index (χ3v) is 3.68. The van der Waals surface area contributed by atoms with Gasteiger partial charge in [-0.3, -0.25) is 9.59 Å². The average molecular weight is 292 g/mol. The Bertz CT molecular complexity index is 860. The molecule has 0 radical (unpaired) electrons. The van der Waals surface area contributed by atoms with E-state index in [-0.39, 0.29) is 11.7 Å². The zero-order valence-corrected chi connectivity index (χ0v) is 12.4. The molecule has 0 aliphatic rings. The second kappa shape index (κ2) is 5.48. The topological polar surface area (TPSA) is 62.0 Å². The SMILES string of the molecule is CC(=O)c1ccc(NC(=O)c2cc3c(C)cccc3[nH]2)cc1. The van der Waals surface area contributed by atoms with Gasteiger partial charge in [-0.15, -0.1) is 0 Å². The third-order valence-electron chi connectivity index (χ3n) is 3.68. The summed E-state index contributed by atoms with van der Waals surface area (Å²) in [5.41, 5.74) is 3.86. The van der Waals surface area contributed by atoms with Crippen LogP contribution in [0.3, 0.4) is 0 Å². The van der Waals surface area contributed by atoms with Gasteiger partial charge in [0.1, 0.15) is 5.69 Å². The molecule has 3 rings (SSSR count). The van der Waals surface area contributed by atoms with E-state index in [1.54, 1.807) is 24.3 Å². The summed E-state index contributed by atoms with van der Waals surface area (Å²) >= 11 is 0. The maximum atomic E-state index is 12.3. The lowest BCUT2D eigenvalue weighted by atomic mass is 10.1. The van der Waals surface area contributed by atoms with Crippen molar-refractivity contribution in [3.63, 3.8) is 0 Å². The molecule has 0 bridgehead atoms. The van der Waals surface area contributed by atoms with Gasteiger partial charge in [0.15, 0.2) is 5.78 Å². The monoisotopic (exact) mass is 292 g/mol. The summed E-state index contributed by atoms with van der Waals surface area (Å²) < 4.78 is 0. The first kappa shape index (κ1) is 14.1. The van der Waals surface area contributed by atoms with Crippen LogP contribution in [0.25, 0.3) is 10.9 Å². The van der Waals surface area contributed by atoms with Crippen molar-refractivity contribution in [2.24, 2.45) is 0 Å². The molecule has 0 atom stereocenters. The molecule has 1 amide bonds. The molecular weight excluding hydrogens is 276 g/mol. The lowest BCUT2D eigenvalue weighted by Crippen LogP contribution is -2.12. The summed E-state index contributed by atoms with van der Waals surface area (Å²) in [7, 11) is 0. The molecule has 1 heterocycles. The van der Waals surface area contributed by atoms with Crippen molar-refractivity contribution in [3.8, 4) is 0 Å². The zero-order chi connectivity index (χ0) is 15.7. The van der Waals surface area contributed by atoms with Crippen LogP contribution in [-0.2, 0) is 0 Å². The number of carbonyl (C=O) groups is 2. The van der Waals surface area contributed by atoms with Crippen LogP contribution >= 0.6 is 0 Å². The largest absolute Gasteiger partial charge is 0.351 e. The van der Waals surface area contributed by atoms with Crippen LogP contribution in [0, 0.1) is 6.92 Å². The van der Waals surface area contributed by atoms with E-state index in [1.165, 1.54) is 6.92 Å². The lowest BCUT2D eigenvalue weighted by Gasteiger charge is -2.04. The van der Waals surface area contributed by atoms with Crippen molar-refractivity contribution in [1.29, 1.82) is 0 Å². The van der Waals surface area contributed by atoms with E-state index in [9.17, 15) is 9.59 Å². The Morgan fingerprint density at radius 1 is 1.05 bits per heavy atom. The van der Waals surface area contributed by atoms with Crippen LogP contribution in [0.1, 0.15) is 33.3 Å². The van der Waals surface area contributed by atoms with Crippen molar-refractivity contribution in [2.75, 3.05) is 5.32 Å². The van der Waals surface area contributed by atoms with Crippen LogP contribution < -0.4 is 5.32 Å². The van der Waals surface area contributed by atoms with E-state index in [1.807, 2.05) is 31.2 Å². The first-order valence-corrected chi connectivity index (χ1v) is 7.05. The molecule has 0 fully saturated rings. The number of fused-ring (bicyclic) bond motifs is 1. The molecule has 3 aromatic rings. The number of hydrogen-bond acceptors (Lipinski definition) is 2. The molecule has 0 unspecified atom stereocenters. The van der Waals surface area contributed by atoms with Gasteiger partial charge in [0.05, 0.1) is 0 Å². The highest BCUT2D eigenvalue weighted by Crippen LogP contribution is 2.20. The first-order valence-electron chi connectivity index (χ1n) is 7.05. The van der Waals surface area contributed by atoms with Crippen molar-refractivity contribution >= 4 is 28.3 Å². The van der Waals surface area contributed by atoms with Crippen LogP contribution in [0.15, 0.2) is 48.5 Å². The molecule has 1 aromatic heterocycles. The number of ketones is 1. The Morgan fingerprint density at radius 2 is 1.77 bits per heavy atom. The van der Waals surface area contributed by atoms with Gasteiger partial charge < -0.3 is 10.3 Å². The Kier molecular flexibility index (Phi) is 3.51. The molecule has 0 aliphatic carbocycles. The Labute approximate surface area is 128 Å². The van der Waals surface area contributed by atoms with Crippen molar-refractivity contribution in [2.45, 2.75) is 13.8 Å². The molecule has 0 aliphatic heterocycles. The Morgan fingerprint density at radius 3 is 2.41 bits per heavy atom. The fourth-order valence-electron chi connectivity index (χ4n) is 2.42. The van der Waals surface area contributed by atoms with Gasteiger partial charge >= 0.3 is 0 Å². The number of H-pyrrole nitrogens is 1. The maximum absolute atomic E-state index is 12.3. The number of anilines is 1. The number of benzene rings is 2. The molecule has 4 nitrogen and oxygen atoms in total. The van der Waals surface area contributed by atoms with Crippen LogP contribution in [-0.4, -0.2) is 16.7 Å². The molecule has 0 saturated carbocycles. The maximum Gasteiger partial charge on any atom is 0.272 e. The smallest absolute Gasteiger partial charge is 0.272 e. The summed E-state index contributed by atoms with van der Waals surface area (Å²) in [4.78, 5) is 26.7. The number of aromatic nitrogens is 1. The fraction of sp³-hybridized carbons (Fsp3) is 0.111. The average Bonchev–Trinajstić information content (AvgIpc) is 2.93. The minimum atomic E-state index is -0.203. The summed E-state index contributed by atoms with van der Waals surface area (Å²) in [6.07, 6.45) is 0. The van der Waals surface area contributed by atoms with Gasteiger partial charge in [-0.1, -0.05) is 12.1 Å². The number of aromatic amines is 1. The second-order valence-corrected chi connectivity index (χ2v) is 5.31. The van der Waals surface area contributed by atoms with Gasteiger partial charge in [0.2, 0.25) is 0 Å². The van der Waals surface area contributed by atoms with Crippen molar-refractivity contribution in [3.05, 3.63) is 65.4 Å². The minimum Gasteiger partial charge on any atom is -0.351 e. The van der Waals surface area contributed by atoms with E-state index >= 15 is 0 Å². The predicted octanol–water partition coefficient (Wildman–Crippen LogP) is 3.93. The number of aryl methyl sites for hydroxylation is 1. The van der Waals surface area contributed by atoms with E-state index in [4.69, 9.17) is 0 Å². The Hall–Kier alpha value is -2.88. The van der Waals surface area contributed by atoms with Gasteiger partial charge in [-0.25, -0.2) is 0 Å². The van der Waals surface area contributed by atoms with Gasteiger partial charge in [0.25, 0.3) is 5.91 Å². The lowest BCUT2D eigenvalue weighted by molar-refractivity contribution is 0.101. The highest BCUT2D eigenvalue weighted by Gasteiger charge is 2.11. The highest BCUT2D eigenvalue weighted by molar-refractivity contribution is 6.06. The van der Waals surface area contributed by atoms with E-state index in [0.29, 0.717) is 16.9 Å². The molecule has 22 heavy (non-hydrogen) atoms. The van der Waals surface area contributed by atoms with Gasteiger partial charge in [-0.05, 0) is 55.8 Å². The molecule has 2 N–H and O–H groups in total. The Balaban J connectivity index is 1.83. The predicted molar refractivity (Wildman–Crippen MR) is 87.4 cm³/mol. The summed E-state index contributed by atoms with van der Waals surface area (Å²) in [6.45, 7) is 3.53. The number of rotatable bonds is 3. The number of Topliss-reactive ketones (excluding diaryl/α,β-unsaturated/α-hetero) is 1. The van der Waals surface area contributed by atoms with E-state index in [2.05, 4.69) is 10.3 Å². The summed E-state index contributed by atoms with van der Waals surface area (Å²) in [5, 5.41) is 3.86. The number of nitrogens with one attached hydrogen (secondary N) is 2. The van der Waals surface area contributed by atoms with Gasteiger partial charge in [0, 0.05) is 22.2 Å². The fourth-order valence-corrected chi connectivity index (χ4v) is 2.42. The molecule has 0 spiro atoms. The standard InChI is InChI=1S/C18H16N2O2/c1-11-4-3-5-16-15(11)10-17(20-16)18(22)19-14-8-6-13(7-9-14)12(2)21/h3-10,20H,1-2H3,(H,19,22). The van der Waals surface area contributed by atoms with Crippen molar-refractivity contribution in [1.82, 2.24) is 4.98 Å². The summed E-state index contributed by atoms with van der Waals surface area (Å²) in [6, 6.07) is 14.6. The minimum absolute atomic E-state index is 0.00368. The van der Waals surface area contributed by atoms with Crippen LogP contribution in [0.5, 0.6) is 0 Å². The van der Waals surface area contributed by atoms with Gasteiger partial charge in [-0.2, -0.15) is 0 Å². The van der Waals surface area contributed by atoms with E-state index < -0.39 is 0 Å². The highest BCUT2D eigenvalue weighted by atomic mass is 16.2. The normalized spacial score (nSPS) is 10.6. The quantitative estimate of drug-likeness (QED) is 0.718. The van der Waals surface area contributed by atoms with Crippen LogP contribution in [0.2, 0.25) is 0 Å². The second-order valence-electron chi connectivity index (χ2n) is 5.31. The molecular formula is C18H16N2O2. The number of amides is 1. The molecule has 110 valence electrons. The van der Waals surface area contributed by atoms with Crippen molar-refractivity contribution < 1.29 is 9.59 Å². The number of carbonyl (C=O) groups excluding carboxylic acids is 2.